The monoisotopic (exact) mass is 264 g/mol. The molecule has 1 aliphatic carbocycles. The largest absolute Gasteiger partial charge is 0.367 e. The SMILES string of the molecule is Cc1nc([C@@H]2CN(CC3CCCCC3)CCO2)n[nH]1. The number of morpholine rings is 1. The topological polar surface area (TPSA) is 54.0 Å². The molecule has 2 heterocycles. The molecule has 0 spiro atoms. The molecule has 1 aliphatic heterocycles. The second-order valence-electron chi connectivity index (χ2n) is 5.90. The summed E-state index contributed by atoms with van der Waals surface area (Å²) in [5.41, 5.74) is 0. The number of aromatic amines is 1. The average Bonchev–Trinajstić information content (AvgIpc) is 2.87. The highest BCUT2D eigenvalue weighted by Gasteiger charge is 2.27. The molecule has 5 heteroatoms. The number of aromatic nitrogens is 3. The molecule has 0 bridgehead atoms. The van der Waals surface area contributed by atoms with Gasteiger partial charge in [-0.1, -0.05) is 19.3 Å². The van der Waals surface area contributed by atoms with Crippen LogP contribution in [0.4, 0.5) is 0 Å². The predicted molar refractivity (Wildman–Crippen MR) is 72.8 cm³/mol. The van der Waals surface area contributed by atoms with E-state index in [-0.39, 0.29) is 6.10 Å². The van der Waals surface area contributed by atoms with Crippen molar-refractivity contribution in [3.8, 4) is 0 Å². The maximum atomic E-state index is 5.81. The van der Waals surface area contributed by atoms with Crippen LogP contribution in [0.2, 0.25) is 0 Å². The molecule has 2 fully saturated rings. The number of H-pyrrole nitrogens is 1. The normalized spacial score (nSPS) is 26.7. The lowest BCUT2D eigenvalue weighted by atomic mass is 9.89. The van der Waals surface area contributed by atoms with E-state index in [2.05, 4.69) is 20.1 Å². The summed E-state index contributed by atoms with van der Waals surface area (Å²) >= 11 is 0. The molecule has 5 nitrogen and oxygen atoms in total. The van der Waals surface area contributed by atoms with E-state index in [4.69, 9.17) is 4.74 Å². The van der Waals surface area contributed by atoms with Crippen LogP contribution in [-0.2, 0) is 4.74 Å². The molecule has 0 radical (unpaired) electrons. The van der Waals surface area contributed by atoms with Gasteiger partial charge < -0.3 is 4.74 Å². The van der Waals surface area contributed by atoms with Crippen molar-refractivity contribution in [2.45, 2.75) is 45.1 Å². The van der Waals surface area contributed by atoms with Gasteiger partial charge in [0, 0.05) is 19.6 Å². The fraction of sp³-hybridized carbons (Fsp3) is 0.857. The minimum absolute atomic E-state index is 0.0438. The van der Waals surface area contributed by atoms with Crippen molar-refractivity contribution in [2.75, 3.05) is 26.2 Å². The van der Waals surface area contributed by atoms with Gasteiger partial charge in [0.15, 0.2) is 5.82 Å². The second kappa shape index (κ2) is 6.01. The third kappa shape index (κ3) is 3.34. The Hall–Kier alpha value is -0.940. The summed E-state index contributed by atoms with van der Waals surface area (Å²) in [5, 5.41) is 7.14. The van der Waals surface area contributed by atoms with Gasteiger partial charge in [-0.3, -0.25) is 10.00 Å². The number of hydrogen-bond acceptors (Lipinski definition) is 4. The summed E-state index contributed by atoms with van der Waals surface area (Å²) in [6.07, 6.45) is 7.11. The van der Waals surface area contributed by atoms with Crippen molar-refractivity contribution >= 4 is 0 Å². The Morgan fingerprint density at radius 2 is 2.16 bits per heavy atom. The smallest absolute Gasteiger partial charge is 0.180 e. The zero-order valence-electron chi connectivity index (χ0n) is 11.8. The fourth-order valence-electron chi connectivity index (χ4n) is 3.26. The van der Waals surface area contributed by atoms with Crippen LogP contribution in [-0.4, -0.2) is 46.3 Å². The Morgan fingerprint density at radius 1 is 1.32 bits per heavy atom. The molecule has 106 valence electrons. The molecule has 1 saturated heterocycles. The van der Waals surface area contributed by atoms with Crippen LogP contribution < -0.4 is 0 Å². The quantitative estimate of drug-likeness (QED) is 0.908. The third-order valence-corrected chi connectivity index (χ3v) is 4.29. The van der Waals surface area contributed by atoms with Crippen LogP contribution >= 0.6 is 0 Å². The molecule has 1 aromatic rings. The Labute approximate surface area is 114 Å². The van der Waals surface area contributed by atoms with E-state index in [1.165, 1.54) is 38.6 Å². The highest BCUT2D eigenvalue weighted by atomic mass is 16.5. The molecular formula is C14H24N4O. The van der Waals surface area contributed by atoms with Gasteiger partial charge in [0.1, 0.15) is 11.9 Å². The highest BCUT2D eigenvalue weighted by molar-refractivity contribution is 4.95. The number of nitrogens with zero attached hydrogens (tertiary/aromatic N) is 3. The highest BCUT2D eigenvalue weighted by Crippen LogP contribution is 2.26. The first kappa shape index (κ1) is 13.1. The maximum absolute atomic E-state index is 5.81. The van der Waals surface area contributed by atoms with Crippen molar-refractivity contribution in [2.24, 2.45) is 5.92 Å². The van der Waals surface area contributed by atoms with E-state index >= 15 is 0 Å². The molecule has 1 N–H and O–H groups in total. The van der Waals surface area contributed by atoms with Gasteiger partial charge in [0.2, 0.25) is 0 Å². The Balaban J connectivity index is 1.55. The van der Waals surface area contributed by atoms with E-state index in [0.29, 0.717) is 0 Å². The molecule has 0 aromatic carbocycles. The van der Waals surface area contributed by atoms with E-state index in [1.807, 2.05) is 6.92 Å². The summed E-state index contributed by atoms with van der Waals surface area (Å²) in [7, 11) is 0. The van der Waals surface area contributed by atoms with Crippen LogP contribution in [0.1, 0.15) is 49.9 Å². The Bertz CT molecular complexity index is 400. The summed E-state index contributed by atoms with van der Waals surface area (Å²) < 4.78 is 5.81. The first-order valence-corrected chi connectivity index (χ1v) is 7.54. The molecule has 1 saturated carbocycles. The van der Waals surface area contributed by atoms with Crippen LogP contribution in [0.15, 0.2) is 0 Å². The van der Waals surface area contributed by atoms with Crippen molar-refractivity contribution in [3.63, 3.8) is 0 Å². The van der Waals surface area contributed by atoms with E-state index in [9.17, 15) is 0 Å². The van der Waals surface area contributed by atoms with Gasteiger partial charge in [-0.25, -0.2) is 4.98 Å². The lowest BCUT2D eigenvalue weighted by Crippen LogP contribution is -2.41. The van der Waals surface area contributed by atoms with Crippen LogP contribution in [0, 0.1) is 12.8 Å². The summed E-state index contributed by atoms with van der Waals surface area (Å²) in [4.78, 5) is 6.93. The van der Waals surface area contributed by atoms with Crippen LogP contribution in [0.25, 0.3) is 0 Å². The number of ether oxygens (including phenoxy) is 1. The van der Waals surface area contributed by atoms with Gasteiger partial charge in [-0.05, 0) is 25.7 Å². The van der Waals surface area contributed by atoms with Crippen LogP contribution in [0.3, 0.4) is 0 Å². The molecule has 3 rings (SSSR count). The summed E-state index contributed by atoms with van der Waals surface area (Å²) in [6.45, 7) is 5.94. The Morgan fingerprint density at radius 3 is 2.89 bits per heavy atom. The summed E-state index contributed by atoms with van der Waals surface area (Å²) in [5.74, 6) is 2.57. The van der Waals surface area contributed by atoms with Gasteiger partial charge in [0.05, 0.1) is 6.61 Å². The zero-order chi connectivity index (χ0) is 13.1. The van der Waals surface area contributed by atoms with E-state index in [0.717, 1.165) is 37.3 Å². The first-order chi connectivity index (χ1) is 9.31. The number of aryl methyl sites for hydroxylation is 1. The van der Waals surface area contributed by atoms with Crippen molar-refractivity contribution in [1.29, 1.82) is 0 Å². The zero-order valence-corrected chi connectivity index (χ0v) is 11.8. The standard InChI is InChI=1S/C14H24N4O/c1-11-15-14(17-16-11)13-10-18(7-8-19-13)9-12-5-3-2-4-6-12/h12-13H,2-10H2,1H3,(H,15,16,17)/t13-/m0/s1. The van der Waals surface area contributed by atoms with Gasteiger partial charge in [-0.2, -0.15) is 5.10 Å². The molecule has 19 heavy (non-hydrogen) atoms. The number of rotatable bonds is 3. The number of nitrogens with one attached hydrogen (secondary N) is 1. The molecule has 2 aliphatic rings. The molecular weight excluding hydrogens is 240 g/mol. The van der Waals surface area contributed by atoms with Gasteiger partial charge in [0.25, 0.3) is 0 Å². The van der Waals surface area contributed by atoms with Crippen molar-refractivity contribution in [1.82, 2.24) is 20.1 Å². The second-order valence-corrected chi connectivity index (χ2v) is 5.90. The molecule has 1 aromatic heterocycles. The average molecular weight is 264 g/mol. The van der Waals surface area contributed by atoms with E-state index in [1.54, 1.807) is 0 Å². The van der Waals surface area contributed by atoms with Gasteiger partial charge in [-0.15, -0.1) is 0 Å². The van der Waals surface area contributed by atoms with Crippen molar-refractivity contribution < 1.29 is 4.74 Å². The Kier molecular flexibility index (Phi) is 4.13. The van der Waals surface area contributed by atoms with Crippen LogP contribution in [0.5, 0.6) is 0 Å². The molecule has 0 amide bonds. The summed E-state index contributed by atoms with van der Waals surface area (Å²) in [6, 6.07) is 0. The lowest BCUT2D eigenvalue weighted by Gasteiger charge is -2.35. The van der Waals surface area contributed by atoms with Gasteiger partial charge >= 0.3 is 0 Å². The lowest BCUT2D eigenvalue weighted by molar-refractivity contribution is -0.0399. The number of hydrogen-bond donors (Lipinski definition) is 1. The minimum Gasteiger partial charge on any atom is -0.367 e. The minimum atomic E-state index is 0.0438. The van der Waals surface area contributed by atoms with Crippen molar-refractivity contribution in [3.05, 3.63) is 11.6 Å². The molecule has 0 unspecified atom stereocenters. The predicted octanol–water partition coefficient (Wildman–Crippen LogP) is 2.07. The maximum Gasteiger partial charge on any atom is 0.180 e. The molecule has 1 atom stereocenters. The third-order valence-electron chi connectivity index (χ3n) is 4.29. The fourth-order valence-corrected chi connectivity index (χ4v) is 3.26. The first-order valence-electron chi connectivity index (χ1n) is 7.54. The van der Waals surface area contributed by atoms with E-state index < -0.39 is 0 Å².